The standard InChI is InChI=1S/C82H114O23/c1-15-60-45(3)50(8)69(104-80-70(52(10)47(5)62(40-83)96-80)101-75(87)58-34-25-19-26-35-58)78(94-60)92-43-64-49(7)54(12)68(100-74(86)57-32-23-18-24-33-57)77(98-64)93-44-65-55(13)67(73(91-42-56-30-21-17-22-31-56)79(99-65)90-39-29-38-66(85)89-14)103-82-72(51(9)46(4)61(16-2)95-82)105-81-71(53(11)48(6)63(41-84)97-81)102-76(88)59-36-27-20-28-37-59/h17-28,30-37,45-55,60-65,67-73,77-84H,15-16,29,38-44H2,1-14H3/t45-,46-,47-,48-,49-,50+,51+,52+,53+,54+,55+,60?,61?,62?,63?,64?,65?,67+,68?,69?,70?,71?,72?,73?,77-,78-,79-,80+,81+,82+/m1/s1. The van der Waals surface area contributed by atoms with Crippen LogP contribution < -0.4 is 0 Å². The Morgan fingerprint density at radius 3 is 1.10 bits per heavy atom. The van der Waals surface area contributed by atoms with Crippen LogP contribution in [0.4, 0.5) is 0 Å². The largest absolute Gasteiger partial charge is 0.469 e. The van der Waals surface area contributed by atoms with Crippen molar-refractivity contribution in [1.82, 2.24) is 0 Å². The summed E-state index contributed by atoms with van der Waals surface area (Å²) in [6.07, 6.45) is -14.8. The van der Waals surface area contributed by atoms with Gasteiger partial charge in [0.15, 0.2) is 56.1 Å². The zero-order chi connectivity index (χ0) is 75.2. The average molecular weight is 1470 g/mol. The molecule has 6 fully saturated rings. The maximum absolute atomic E-state index is 14.3. The molecule has 0 aromatic heterocycles. The van der Waals surface area contributed by atoms with Crippen molar-refractivity contribution in [2.75, 3.05) is 40.1 Å². The van der Waals surface area contributed by atoms with Crippen LogP contribution >= 0.6 is 0 Å². The molecule has 0 radical (unpaired) electrons. The molecule has 10 rings (SSSR count). The fraction of sp³-hybridized carbons (Fsp3) is 0.659. The SMILES string of the molecule is CCC1O[C@@H](OCC2O[C@@H](OCC3O[C@@H](OCCCC(=O)OC)C(OCc4ccccc4)[C@@H](O[C@@H]4OC(CC)[C@H](C)[C@H](C)C4O[C@@H]4OC(CO)[C@H](C)[C@H](C)C4OC(=O)c4ccccc4)[C@H]3C)C(OC(=O)c3ccccc3)[C@@H](C)[C@H]2C)C(O[C@@H]2OC(CO)[C@H](C)[C@H](C)C2OC(=O)c2ccccc2)[C@@H](C)[C@H]1C. The molecule has 12 unspecified atom stereocenters. The number of benzene rings is 4. The lowest BCUT2D eigenvalue weighted by Gasteiger charge is -2.51. The van der Waals surface area contributed by atoms with Crippen molar-refractivity contribution in [3.8, 4) is 0 Å². The van der Waals surface area contributed by atoms with Gasteiger partial charge in [-0.3, -0.25) is 4.79 Å². The molecule has 0 amide bonds. The van der Waals surface area contributed by atoms with Gasteiger partial charge in [0.05, 0.1) is 106 Å². The third-order valence-corrected chi connectivity index (χ3v) is 23.5. The Hall–Kier alpha value is -5.84. The molecule has 105 heavy (non-hydrogen) atoms. The number of hydrogen-bond donors (Lipinski definition) is 2. The molecule has 580 valence electrons. The van der Waals surface area contributed by atoms with Crippen molar-refractivity contribution in [3.63, 3.8) is 0 Å². The fourth-order valence-corrected chi connectivity index (χ4v) is 15.5. The summed E-state index contributed by atoms with van der Waals surface area (Å²) in [5.41, 5.74) is 1.93. The number of ether oxygens (including phenoxy) is 17. The van der Waals surface area contributed by atoms with E-state index in [9.17, 15) is 29.4 Å². The number of methoxy groups -OCH3 is 1. The third-order valence-electron chi connectivity index (χ3n) is 23.5. The first-order valence-corrected chi connectivity index (χ1v) is 38.0. The quantitative estimate of drug-likeness (QED) is 0.0279. The molecule has 6 heterocycles. The number of hydrogen-bond acceptors (Lipinski definition) is 23. The van der Waals surface area contributed by atoms with Crippen LogP contribution in [-0.2, 0) is 91.9 Å². The molecular weight excluding hydrogens is 1350 g/mol. The van der Waals surface area contributed by atoms with Gasteiger partial charge >= 0.3 is 23.9 Å². The van der Waals surface area contributed by atoms with E-state index in [-0.39, 0.29) is 118 Å². The smallest absolute Gasteiger partial charge is 0.338 e. The molecule has 6 saturated heterocycles. The van der Waals surface area contributed by atoms with Crippen molar-refractivity contribution in [2.45, 2.75) is 239 Å². The third kappa shape index (κ3) is 19.8. The maximum atomic E-state index is 14.3. The maximum Gasteiger partial charge on any atom is 0.338 e. The van der Waals surface area contributed by atoms with Crippen molar-refractivity contribution in [2.24, 2.45) is 65.1 Å². The number of carbonyl (C=O) groups excluding carboxylic acids is 4. The Morgan fingerprint density at radius 1 is 0.352 bits per heavy atom. The van der Waals surface area contributed by atoms with Crippen LogP contribution in [0.1, 0.15) is 152 Å². The highest BCUT2D eigenvalue weighted by molar-refractivity contribution is 5.90. The van der Waals surface area contributed by atoms with Crippen LogP contribution in [0.15, 0.2) is 121 Å². The number of esters is 4. The minimum absolute atomic E-state index is 0.00670. The van der Waals surface area contributed by atoms with Crippen LogP contribution in [0.25, 0.3) is 0 Å². The van der Waals surface area contributed by atoms with Gasteiger partial charge in [0.2, 0.25) is 0 Å². The van der Waals surface area contributed by atoms with Crippen molar-refractivity contribution in [3.05, 3.63) is 144 Å². The first-order chi connectivity index (χ1) is 50.6. The molecule has 6 aliphatic rings. The molecular formula is C82H114O23. The van der Waals surface area contributed by atoms with Crippen molar-refractivity contribution >= 4 is 23.9 Å². The van der Waals surface area contributed by atoms with E-state index in [1.54, 1.807) is 72.8 Å². The number of carbonyl (C=O) groups is 4. The lowest BCUT2D eigenvalue weighted by Crippen LogP contribution is -2.62. The predicted molar refractivity (Wildman–Crippen MR) is 383 cm³/mol. The van der Waals surface area contributed by atoms with Gasteiger partial charge in [0.25, 0.3) is 0 Å². The Labute approximate surface area is 619 Å². The van der Waals surface area contributed by atoms with Gasteiger partial charge in [0, 0.05) is 30.1 Å². The van der Waals surface area contributed by atoms with Gasteiger partial charge in [0.1, 0.15) is 18.3 Å². The molecule has 0 aliphatic carbocycles. The summed E-state index contributed by atoms with van der Waals surface area (Å²) >= 11 is 0. The van der Waals surface area contributed by atoms with Crippen LogP contribution in [0.2, 0.25) is 0 Å². The minimum Gasteiger partial charge on any atom is -0.469 e. The topological polar surface area (TPSA) is 266 Å². The lowest BCUT2D eigenvalue weighted by atomic mass is 9.81. The molecule has 30 atom stereocenters. The van der Waals surface area contributed by atoms with Gasteiger partial charge in [-0.1, -0.05) is 175 Å². The first kappa shape index (κ1) is 81.7. The molecule has 4 aromatic carbocycles. The zero-order valence-corrected chi connectivity index (χ0v) is 63.4. The Bertz CT molecular complexity index is 3300. The van der Waals surface area contributed by atoms with Crippen LogP contribution in [0.3, 0.4) is 0 Å². The number of rotatable bonds is 30. The fourth-order valence-electron chi connectivity index (χ4n) is 15.5. The van der Waals surface area contributed by atoms with E-state index in [0.29, 0.717) is 29.5 Å². The van der Waals surface area contributed by atoms with Crippen molar-refractivity contribution in [1.29, 1.82) is 0 Å². The molecule has 2 N–H and O–H groups in total. The summed E-state index contributed by atoms with van der Waals surface area (Å²) in [5.74, 6) is -4.96. The highest BCUT2D eigenvalue weighted by atomic mass is 16.8. The molecule has 23 nitrogen and oxygen atoms in total. The zero-order valence-electron chi connectivity index (χ0n) is 63.4. The van der Waals surface area contributed by atoms with E-state index in [0.717, 1.165) is 5.56 Å². The summed E-state index contributed by atoms with van der Waals surface area (Å²) < 4.78 is 115. The van der Waals surface area contributed by atoms with E-state index < -0.39 is 141 Å². The number of aliphatic hydroxyl groups excluding tert-OH is 2. The van der Waals surface area contributed by atoms with Gasteiger partial charge < -0.3 is 90.7 Å². The van der Waals surface area contributed by atoms with Gasteiger partial charge in [-0.2, -0.15) is 0 Å². The van der Waals surface area contributed by atoms with Crippen LogP contribution in [-0.4, -0.2) is 191 Å². The van der Waals surface area contributed by atoms with E-state index in [4.69, 9.17) is 80.5 Å². The number of aliphatic hydroxyl groups is 2. The normalized spacial score (nSPS) is 37.9. The molecule has 6 aliphatic heterocycles. The summed E-state index contributed by atoms with van der Waals surface area (Å²) in [6, 6.07) is 35.9. The highest BCUT2D eigenvalue weighted by Gasteiger charge is 2.56. The second-order valence-electron chi connectivity index (χ2n) is 29.9. The molecule has 0 bridgehead atoms. The van der Waals surface area contributed by atoms with Gasteiger partial charge in [-0.25, -0.2) is 14.4 Å². The summed E-state index contributed by atoms with van der Waals surface area (Å²) in [5, 5.41) is 21.4. The summed E-state index contributed by atoms with van der Waals surface area (Å²) in [4.78, 5) is 54.6. The molecule has 23 heteroatoms. The van der Waals surface area contributed by atoms with Gasteiger partial charge in [-0.05, 0) is 103 Å². The van der Waals surface area contributed by atoms with Crippen LogP contribution in [0.5, 0.6) is 0 Å². The predicted octanol–water partition coefficient (Wildman–Crippen LogP) is 11.6. The van der Waals surface area contributed by atoms with Crippen LogP contribution in [0, 0.1) is 65.1 Å². The van der Waals surface area contributed by atoms with E-state index in [2.05, 4.69) is 41.5 Å². The highest BCUT2D eigenvalue weighted by Crippen LogP contribution is 2.45. The molecule has 0 saturated carbocycles. The van der Waals surface area contributed by atoms with E-state index >= 15 is 0 Å². The Balaban J connectivity index is 0.957. The summed E-state index contributed by atoms with van der Waals surface area (Å²) in [6.45, 7) is 25.7. The Kier molecular flexibility index (Phi) is 29.9. The van der Waals surface area contributed by atoms with Crippen molar-refractivity contribution < 1.29 is 110 Å². The Morgan fingerprint density at radius 2 is 0.676 bits per heavy atom. The second kappa shape index (κ2) is 38.5. The minimum atomic E-state index is -1.23. The lowest BCUT2D eigenvalue weighted by molar-refractivity contribution is -0.377. The van der Waals surface area contributed by atoms with E-state index in [1.165, 1.54) is 7.11 Å². The van der Waals surface area contributed by atoms with Gasteiger partial charge in [-0.15, -0.1) is 0 Å². The average Bonchev–Trinajstić information content (AvgIpc) is 0.762. The summed E-state index contributed by atoms with van der Waals surface area (Å²) in [7, 11) is 1.33. The molecule has 4 aromatic rings. The second-order valence-corrected chi connectivity index (χ2v) is 29.9. The monoisotopic (exact) mass is 1470 g/mol. The molecule has 0 spiro atoms. The van der Waals surface area contributed by atoms with E-state index in [1.807, 2.05) is 97.0 Å². The first-order valence-electron chi connectivity index (χ1n) is 38.0.